The van der Waals surface area contributed by atoms with Crippen molar-refractivity contribution in [3.8, 4) is 0 Å². The highest BCUT2D eigenvalue weighted by molar-refractivity contribution is 6.30. The van der Waals surface area contributed by atoms with E-state index in [0.29, 0.717) is 17.1 Å². The summed E-state index contributed by atoms with van der Waals surface area (Å²) in [5, 5.41) is 10.2. The van der Waals surface area contributed by atoms with Crippen LogP contribution in [0.5, 0.6) is 0 Å². The van der Waals surface area contributed by atoms with Gasteiger partial charge < -0.3 is 14.7 Å². The van der Waals surface area contributed by atoms with Crippen LogP contribution in [0.15, 0.2) is 24.3 Å². The Bertz CT molecular complexity index is 519. The predicted octanol–water partition coefficient (Wildman–Crippen LogP) is 2.58. The lowest BCUT2D eigenvalue weighted by Gasteiger charge is -2.36. The van der Waals surface area contributed by atoms with Gasteiger partial charge in [0.15, 0.2) is 0 Å². The quantitative estimate of drug-likeness (QED) is 0.865. The third-order valence-corrected chi connectivity index (χ3v) is 5.33. The van der Waals surface area contributed by atoms with E-state index in [1.807, 2.05) is 0 Å². The lowest BCUT2D eigenvalue weighted by Crippen LogP contribution is -2.43. The molecule has 0 amide bonds. The van der Waals surface area contributed by atoms with Gasteiger partial charge in [0.25, 0.3) is 0 Å². The molecular weight excluding hydrogens is 302 g/mol. The van der Waals surface area contributed by atoms with Crippen LogP contribution in [0, 0.1) is 0 Å². The van der Waals surface area contributed by atoms with Crippen molar-refractivity contribution in [1.29, 1.82) is 0 Å². The van der Waals surface area contributed by atoms with E-state index in [9.17, 15) is 9.90 Å². The first-order chi connectivity index (χ1) is 10.6. The summed E-state index contributed by atoms with van der Waals surface area (Å²) in [5.41, 5.74) is 0.743. The fourth-order valence-electron chi connectivity index (χ4n) is 3.72. The van der Waals surface area contributed by atoms with E-state index >= 15 is 0 Å². The minimum atomic E-state index is -0.630. The molecule has 3 rings (SSSR count). The van der Waals surface area contributed by atoms with Crippen LogP contribution in [-0.4, -0.2) is 47.8 Å². The molecule has 22 heavy (non-hydrogen) atoms. The highest BCUT2D eigenvalue weighted by atomic mass is 35.5. The van der Waals surface area contributed by atoms with Crippen LogP contribution in [0.4, 0.5) is 0 Å². The Morgan fingerprint density at radius 3 is 2.45 bits per heavy atom. The number of carbonyl (C=O) groups is 1. The molecule has 2 fully saturated rings. The van der Waals surface area contributed by atoms with Crippen molar-refractivity contribution in [3.05, 3.63) is 34.9 Å². The van der Waals surface area contributed by atoms with Crippen LogP contribution in [0.3, 0.4) is 0 Å². The normalized spacial score (nSPS) is 29.3. The number of halogens is 1. The van der Waals surface area contributed by atoms with Gasteiger partial charge in [-0.1, -0.05) is 23.7 Å². The van der Waals surface area contributed by atoms with Gasteiger partial charge in [-0.2, -0.15) is 0 Å². The average Bonchev–Trinajstić information content (AvgIpc) is 2.72. The average molecular weight is 324 g/mol. The third-order valence-electron chi connectivity index (χ3n) is 5.08. The summed E-state index contributed by atoms with van der Waals surface area (Å²) in [4.78, 5) is 14.8. The molecule has 2 saturated heterocycles. The first kappa shape index (κ1) is 15.8. The molecular formula is C17H22ClNO3. The molecule has 0 spiro atoms. The van der Waals surface area contributed by atoms with Gasteiger partial charge in [-0.3, -0.25) is 4.79 Å². The van der Waals surface area contributed by atoms with Crippen molar-refractivity contribution in [2.75, 3.05) is 13.7 Å². The molecule has 2 bridgehead atoms. The van der Waals surface area contributed by atoms with Gasteiger partial charge in [-0.15, -0.1) is 0 Å². The number of nitrogens with zero attached hydrogens (tertiary/aromatic N) is 1. The zero-order valence-electron chi connectivity index (χ0n) is 12.7. The van der Waals surface area contributed by atoms with E-state index in [0.717, 1.165) is 18.4 Å². The first-order valence-corrected chi connectivity index (χ1v) is 8.25. The standard InChI is InChI=1S/C17H22ClNO3/c1-19-13-6-7-14(19)9-15(8-13)22-17(21)16(10-20)11-2-4-12(18)5-3-11/h2-5,13-16,20H,6-10H2,1H3/t13-,14+,15?,16?. The second kappa shape index (κ2) is 6.57. The van der Waals surface area contributed by atoms with Gasteiger partial charge >= 0.3 is 5.97 Å². The molecule has 1 aromatic carbocycles. The van der Waals surface area contributed by atoms with Gasteiger partial charge in [0.2, 0.25) is 0 Å². The zero-order valence-corrected chi connectivity index (χ0v) is 13.5. The number of ether oxygens (including phenoxy) is 1. The van der Waals surface area contributed by atoms with Crippen LogP contribution in [0.2, 0.25) is 5.02 Å². The Morgan fingerprint density at radius 2 is 1.91 bits per heavy atom. The highest BCUT2D eigenvalue weighted by Gasteiger charge is 2.40. The maximum absolute atomic E-state index is 12.4. The number of piperidine rings is 1. The van der Waals surface area contributed by atoms with E-state index in [1.54, 1.807) is 24.3 Å². The Labute approximate surface area is 136 Å². The Balaban J connectivity index is 1.64. The summed E-state index contributed by atoms with van der Waals surface area (Å²) < 4.78 is 5.70. The summed E-state index contributed by atoms with van der Waals surface area (Å²) in [5.74, 6) is -0.964. The topological polar surface area (TPSA) is 49.8 Å². The minimum absolute atomic E-state index is 0.0254. The predicted molar refractivity (Wildman–Crippen MR) is 85.0 cm³/mol. The summed E-state index contributed by atoms with van der Waals surface area (Å²) in [6.07, 6.45) is 4.16. The molecule has 0 radical (unpaired) electrons. The summed E-state index contributed by atoms with van der Waals surface area (Å²) in [6, 6.07) is 8.04. The van der Waals surface area contributed by atoms with Crippen molar-refractivity contribution in [3.63, 3.8) is 0 Å². The molecule has 0 aromatic heterocycles. The fourth-order valence-corrected chi connectivity index (χ4v) is 3.84. The van der Waals surface area contributed by atoms with Gasteiger partial charge in [0.1, 0.15) is 12.0 Å². The molecule has 1 aromatic rings. The molecule has 4 nitrogen and oxygen atoms in total. The number of hydrogen-bond acceptors (Lipinski definition) is 4. The first-order valence-electron chi connectivity index (χ1n) is 7.87. The Kier molecular flexibility index (Phi) is 4.71. The number of fused-ring (bicyclic) bond motifs is 2. The number of aliphatic hydroxyl groups is 1. The van der Waals surface area contributed by atoms with Gasteiger partial charge in [-0.25, -0.2) is 0 Å². The van der Waals surface area contributed by atoms with Crippen LogP contribution in [0.25, 0.3) is 0 Å². The van der Waals surface area contributed by atoms with Crippen LogP contribution < -0.4 is 0 Å². The van der Waals surface area contributed by atoms with Gasteiger partial charge in [0, 0.05) is 17.1 Å². The molecule has 2 heterocycles. The fraction of sp³-hybridized carbons (Fsp3) is 0.588. The molecule has 120 valence electrons. The lowest BCUT2D eigenvalue weighted by molar-refractivity contribution is -0.155. The molecule has 2 unspecified atom stereocenters. The summed E-state index contributed by atoms with van der Waals surface area (Å²) in [7, 11) is 2.16. The van der Waals surface area contributed by atoms with E-state index in [-0.39, 0.29) is 18.7 Å². The summed E-state index contributed by atoms with van der Waals surface area (Å²) >= 11 is 5.86. The van der Waals surface area contributed by atoms with Crippen molar-refractivity contribution >= 4 is 17.6 Å². The van der Waals surface area contributed by atoms with E-state index in [4.69, 9.17) is 16.3 Å². The number of aliphatic hydroxyl groups excluding tert-OH is 1. The molecule has 5 heteroatoms. The van der Waals surface area contributed by atoms with E-state index in [2.05, 4.69) is 11.9 Å². The second-order valence-electron chi connectivity index (χ2n) is 6.37. The molecule has 2 aliphatic rings. The van der Waals surface area contributed by atoms with E-state index in [1.165, 1.54) is 12.8 Å². The second-order valence-corrected chi connectivity index (χ2v) is 6.80. The number of esters is 1. The number of carbonyl (C=O) groups excluding carboxylic acids is 1. The van der Waals surface area contributed by atoms with Crippen LogP contribution in [0.1, 0.15) is 37.2 Å². The number of rotatable bonds is 4. The van der Waals surface area contributed by atoms with E-state index < -0.39 is 5.92 Å². The van der Waals surface area contributed by atoms with Crippen LogP contribution >= 0.6 is 11.6 Å². The van der Waals surface area contributed by atoms with Crippen molar-refractivity contribution in [1.82, 2.24) is 4.90 Å². The lowest BCUT2D eigenvalue weighted by atomic mass is 9.98. The van der Waals surface area contributed by atoms with Crippen molar-refractivity contribution < 1.29 is 14.6 Å². The monoisotopic (exact) mass is 323 g/mol. The van der Waals surface area contributed by atoms with Gasteiger partial charge in [0.05, 0.1) is 6.61 Å². The highest BCUT2D eigenvalue weighted by Crippen LogP contribution is 2.36. The maximum Gasteiger partial charge on any atom is 0.316 e. The molecule has 1 N–H and O–H groups in total. The zero-order chi connectivity index (χ0) is 15.7. The number of benzene rings is 1. The SMILES string of the molecule is CN1[C@@H]2CC[C@H]1CC(OC(=O)C(CO)c1ccc(Cl)cc1)C2. The Hall–Kier alpha value is -1.10. The molecule has 0 aliphatic carbocycles. The molecule has 0 saturated carbocycles. The minimum Gasteiger partial charge on any atom is -0.462 e. The molecule has 4 atom stereocenters. The smallest absolute Gasteiger partial charge is 0.316 e. The third kappa shape index (κ3) is 3.14. The largest absolute Gasteiger partial charge is 0.462 e. The van der Waals surface area contributed by atoms with Crippen molar-refractivity contribution in [2.45, 2.75) is 49.8 Å². The molecule has 2 aliphatic heterocycles. The van der Waals surface area contributed by atoms with Crippen molar-refractivity contribution in [2.24, 2.45) is 0 Å². The Morgan fingerprint density at radius 1 is 1.32 bits per heavy atom. The van der Waals surface area contributed by atoms with Gasteiger partial charge in [-0.05, 0) is 50.4 Å². The number of hydrogen-bond donors (Lipinski definition) is 1. The summed E-state index contributed by atoms with van der Waals surface area (Å²) in [6.45, 7) is -0.250. The maximum atomic E-state index is 12.4. The van der Waals surface area contributed by atoms with Crippen LogP contribution in [-0.2, 0) is 9.53 Å².